The molecular formula is C19H23N7O2S. The second-order valence-electron chi connectivity index (χ2n) is 6.28. The Morgan fingerprint density at radius 2 is 1.86 bits per heavy atom. The van der Waals surface area contributed by atoms with Crippen LogP contribution >= 0.6 is 11.3 Å². The summed E-state index contributed by atoms with van der Waals surface area (Å²) in [6, 6.07) is 5.87. The lowest BCUT2D eigenvalue weighted by Crippen LogP contribution is -2.12. The van der Waals surface area contributed by atoms with Gasteiger partial charge in [0.25, 0.3) is 5.91 Å². The molecule has 3 rings (SSSR count). The maximum absolute atomic E-state index is 12.6. The molecule has 1 aromatic carbocycles. The molecule has 1 amide bonds. The third-order valence-corrected chi connectivity index (χ3v) is 4.97. The largest absolute Gasteiger partial charge is 0.395 e. The molecule has 10 heteroatoms. The van der Waals surface area contributed by atoms with E-state index in [0.29, 0.717) is 40.7 Å². The van der Waals surface area contributed by atoms with Crippen molar-refractivity contribution in [3.8, 4) is 0 Å². The van der Waals surface area contributed by atoms with Gasteiger partial charge in [-0.05, 0) is 25.0 Å². The molecule has 0 bridgehead atoms. The lowest BCUT2D eigenvalue weighted by atomic mass is 10.1. The summed E-state index contributed by atoms with van der Waals surface area (Å²) in [5, 5.41) is 18.4. The molecule has 3 aromatic rings. The molecule has 0 unspecified atom stereocenters. The highest BCUT2D eigenvalue weighted by Gasteiger charge is 2.14. The molecule has 0 fully saturated rings. The zero-order valence-electron chi connectivity index (χ0n) is 16.5. The van der Waals surface area contributed by atoms with Crippen molar-refractivity contribution in [1.29, 1.82) is 0 Å². The number of anilines is 4. The van der Waals surface area contributed by atoms with Gasteiger partial charge >= 0.3 is 0 Å². The van der Waals surface area contributed by atoms with Crippen LogP contribution in [0.1, 0.15) is 33.5 Å². The van der Waals surface area contributed by atoms with Gasteiger partial charge in [0.2, 0.25) is 11.9 Å². The molecule has 29 heavy (non-hydrogen) atoms. The van der Waals surface area contributed by atoms with E-state index in [4.69, 9.17) is 5.11 Å². The van der Waals surface area contributed by atoms with Crippen LogP contribution in [-0.4, -0.2) is 44.1 Å². The fourth-order valence-corrected chi connectivity index (χ4v) is 3.31. The molecule has 0 spiro atoms. The summed E-state index contributed by atoms with van der Waals surface area (Å²) >= 11 is 1.21. The Kier molecular flexibility index (Phi) is 6.68. The summed E-state index contributed by atoms with van der Waals surface area (Å²) in [5.74, 6) is 1.09. The van der Waals surface area contributed by atoms with Crippen molar-refractivity contribution in [1.82, 2.24) is 19.9 Å². The molecule has 0 atom stereocenters. The number of hydrogen-bond acceptors (Lipinski definition) is 9. The number of hydrogen-bond donors (Lipinski definition) is 4. The van der Waals surface area contributed by atoms with Crippen LogP contribution in [0.4, 0.5) is 22.7 Å². The Hall–Kier alpha value is -3.11. The van der Waals surface area contributed by atoms with Crippen molar-refractivity contribution in [2.24, 2.45) is 0 Å². The number of aliphatic hydroxyl groups is 1. The number of aromatic nitrogens is 4. The molecule has 2 heterocycles. The van der Waals surface area contributed by atoms with Crippen molar-refractivity contribution >= 4 is 40.0 Å². The Bertz CT molecular complexity index is 986. The SMILES string of the molecule is CCc1nc(NCCO)nc(Nc2ncc(C(=O)Nc3c(C)cccc3C)s2)n1. The number of carbonyl (C=O) groups excluding carboxylic acids is 1. The minimum Gasteiger partial charge on any atom is -0.395 e. The highest BCUT2D eigenvalue weighted by molar-refractivity contribution is 7.17. The Morgan fingerprint density at radius 3 is 2.55 bits per heavy atom. The summed E-state index contributed by atoms with van der Waals surface area (Å²) in [6.07, 6.45) is 2.15. The molecule has 9 nitrogen and oxygen atoms in total. The number of nitrogens with zero attached hydrogens (tertiary/aromatic N) is 4. The number of nitrogens with one attached hydrogen (secondary N) is 3. The third kappa shape index (κ3) is 5.24. The van der Waals surface area contributed by atoms with Crippen LogP contribution in [0.15, 0.2) is 24.4 Å². The summed E-state index contributed by atoms with van der Waals surface area (Å²) < 4.78 is 0. The lowest BCUT2D eigenvalue weighted by Gasteiger charge is -2.10. The van der Waals surface area contributed by atoms with Crippen molar-refractivity contribution in [2.45, 2.75) is 27.2 Å². The first-order chi connectivity index (χ1) is 14.0. The molecule has 0 aliphatic rings. The monoisotopic (exact) mass is 413 g/mol. The molecule has 2 aromatic heterocycles. The molecule has 4 N–H and O–H groups in total. The first-order valence-corrected chi connectivity index (χ1v) is 10.0. The Morgan fingerprint density at radius 1 is 1.14 bits per heavy atom. The molecule has 0 radical (unpaired) electrons. The van der Waals surface area contributed by atoms with Crippen LogP contribution in [0.3, 0.4) is 0 Å². The number of carbonyl (C=O) groups is 1. The molecule has 0 saturated heterocycles. The van der Waals surface area contributed by atoms with Gasteiger partial charge in [0, 0.05) is 18.7 Å². The number of para-hydroxylation sites is 1. The van der Waals surface area contributed by atoms with E-state index in [1.165, 1.54) is 17.5 Å². The van der Waals surface area contributed by atoms with Gasteiger partial charge < -0.3 is 15.7 Å². The van der Waals surface area contributed by atoms with Crippen LogP contribution < -0.4 is 16.0 Å². The zero-order chi connectivity index (χ0) is 20.8. The summed E-state index contributed by atoms with van der Waals surface area (Å²) in [6.45, 7) is 6.16. The predicted molar refractivity (Wildman–Crippen MR) is 114 cm³/mol. The van der Waals surface area contributed by atoms with E-state index in [1.54, 1.807) is 0 Å². The van der Waals surface area contributed by atoms with Crippen LogP contribution in [0.25, 0.3) is 0 Å². The number of thiazole rings is 1. The summed E-state index contributed by atoms with van der Waals surface area (Å²) in [4.78, 5) is 30.2. The standard InChI is InChI=1S/C19H23N7O2S/c1-4-14-22-17(20-8-9-27)25-18(23-14)26-19-21-10-13(29-19)16(28)24-15-11(2)6-5-7-12(15)3/h5-7,10,27H,4,8-9H2,1-3H3,(H,24,28)(H2,20,21,22,23,25,26). The minimum absolute atomic E-state index is 0.0266. The average molecular weight is 414 g/mol. The lowest BCUT2D eigenvalue weighted by molar-refractivity contribution is 0.103. The predicted octanol–water partition coefficient (Wildman–Crippen LogP) is 2.91. The van der Waals surface area contributed by atoms with Crippen LogP contribution in [0, 0.1) is 13.8 Å². The second-order valence-corrected chi connectivity index (χ2v) is 7.31. The first kappa shape index (κ1) is 20.6. The number of aliphatic hydroxyl groups excluding tert-OH is 1. The van der Waals surface area contributed by atoms with Gasteiger partial charge in [-0.15, -0.1) is 0 Å². The molecule has 0 aliphatic carbocycles. The maximum atomic E-state index is 12.6. The number of benzene rings is 1. The van der Waals surface area contributed by atoms with Crippen molar-refractivity contribution in [3.05, 3.63) is 46.2 Å². The first-order valence-electron chi connectivity index (χ1n) is 9.20. The zero-order valence-corrected chi connectivity index (χ0v) is 17.3. The third-order valence-electron chi connectivity index (χ3n) is 4.06. The van der Waals surface area contributed by atoms with Gasteiger partial charge in [0.05, 0.1) is 12.8 Å². The van der Waals surface area contributed by atoms with Crippen molar-refractivity contribution in [3.63, 3.8) is 0 Å². The van der Waals surface area contributed by atoms with E-state index in [2.05, 4.69) is 35.9 Å². The van der Waals surface area contributed by atoms with E-state index in [-0.39, 0.29) is 12.5 Å². The number of rotatable bonds is 8. The van der Waals surface area contributed by atoms with Gasteiger partial charge in [0.1, 0.15) is 10.7 Å². The van der Waals surface area contributed by atoms with Gasteiger partial charge in [-0.2, -0.15) is 15.0 Å². The van der Waals surface area contributed by atoms with Crippen LogP contribution in [0.2, 0.25) is 0 Å². The van der Waals surface area contributed by atoms with Crippen molar-refractivity contribution < 1.29 is 9.90 Å². The van der Waals surface area contributed by atoms with Gasteiger partial charge in [0.15, 0.2) is 5.13 Å². The smallest absolute Gasteiger partial charge is 0.267 e. The fourth-order valence-electron chi connectivity index (χ4n) is 2.60. The number of amides is 1. The maximum Gasteiger partial charge on any atom is 0.267 e. The fraction of sp³-hybridized carbons (Fsp3) is 0.316. The topological polar surface area (TPSA) is 125 Å². The van der Waals surface area contributed by atoms with E-state index in [0.717, 1.165) is 16.8 Å². The van der Waals surface area contributed by atoms with E-state index >= 15 is 0 Å². The Labute approximate surface area is 172 Å². The van der Waals surface area contributed by atoms with Gasteiger partial charge in [-0.3, -0.25) is 10.1 Å². The average Bonchev–Trinajstić information content (AvgIpc) is 3.17. The second kappa shape index (κ2) is 9.39. The van der Waals surface area contributed by atoms with Crippen LogP contribution in [0.5, 0.6) is 0 Å². The van der Waals surface area contributed by atoms with E-state index in [9.17, 15) is 4.79 Å². The molecule has 152 valence electrons. The highest BCUT2D eigenvalue weighted by Crippen LogP contribution is 2.24. The van der Waals surface area contributed by atoms with Gasteiger partial charge in [-0.25, -0.2) is 4.98 Å². The highest BCUT2D eigenvalue weighted by atomic mass is 32.1. The Balaban J connectivity index is 1.74. The normalized spacial score (nSPS) is 10.6. The summed E-state index contributed by atoms with van der Waals surface area (Å²) in [5.41, 5.74) is 2.81. The molecular weight excluding hydrogens is 390 g/mol. The quantitative estimate of drug-likeness (QED) is 0.444. The van der Waals surface area contributed by atoms with E-state index < -0.39 is 0 Å². The van der Waals surface area contributed by atoms with E-state index in [1.807, 2.05) is 39.0 Å². The minimum atomic E-state index is -0.219. The summed E-state index contributed by atoms with van der Waals surface area (Å²) in [7, 11) is 0. The van der Waals surface area contributed by atoms with Gasteiger partial charge in [-0.1, -0.05) is 36.5 Å². The molecule has 0 saturated carbocycles. The molecule has 0 aliphatic heterocycles. The number of aryl methyl sites for hydroxylation is 3. The van der Waals surface area contributed by atoms with Crippen molar-refractivity contribution in [2.75, 3.05) is 29.1 Å². The van der Waals surface area contributed by atoms with Crippen LogP contribution in [-0.2, 0) is 6.42 Å².